The number of alkyl halides is 12. The summed E-state index contributed by atoms with van der Waals surface area (Å²) in [7, 11) is 0. The van der Waals surface area contributed by atoms with Gasteiger partial charge in [0, 0.05) is 17.1 Å². The second-order valence-electron chi connectivity index (χ2n) is 3.34. The van der Waals surface area contributed by atoms with Crippen LogP contribution in [0.25, 0.3) is 0 Å². The van der Waals surface area contributed by atoms with Crippen molar-refractivity contribution >= 4 is 23.9 Å². The molecule has 0 amide bonds. The maximum Gasteiger partial charge on any atom is 0.491 e. The Morgan fingerprint density at radius 1 is 0.407 bits per heavy atom. The first kappa shape index (κ1) is 29.7. The van der Waals surface area contributed by atoms with Crippen molar-refractivity contribution in [2.75, 3.05) is 0 Å². The summed E-state index contributed by atoms with van der Waals surface area (Å²) in [6.07, 6.45) is -22.5. The number of carbonyl (C=O) groups excluding carboxylic acids is 4. The van der Waals surface area contributed by atoms with E-state index in [1.165, 1.54) is 0 Å². The third-order valence-electron chi connectivity index (χ3n) is 1.30. The fourth-order valence-electron chi connectivity index (χ4n) is 0.400. The Kier molecular flexibility index (Phi) is 10.7. The number of ether oxygens (including phenoxy) is 2. The van der Waals surface area contributed by atoms with Crippen LogP contribution in [0.2, 0.25) is 0 Å². The fraction of sp³-hybridized carbons (Fsp3) is 0.500. The van der Waals surface area contributed by atoms with E-state index in [9.17, 15) is 71.9 Å². The van der Waals surface area contributed by atoms with Gasteiger partial charge in [-0.3, -0.25) is 0 Å². The quantitative estimate of drug-likeness (QED) is 0.228. The monoisotopic (exact) mass is 483 g/mol. The summed E-state index contributed by atoms with van der Waals surface area (Å²) in [5, 5.41) is 0. The van der Waals surface area contributed by atoms with Crippen molar-refractivity contribution in [1.82, 2.24) is 0 Å². The third-order valence-corrected chi connectivity index (χ3v) is 1.30. The third kappa shape index (κ3) is 12.9. The van der Waals surface area contributed by atoms with E-state index >= 15 is 0 Å². The molecule has 0 aromatic carbocycles. The molecule has 1 radical (unpaired) electrons. The van der Waals surface area contributed by atoms with E-state index in [4.69, 9.17) is 0 Å². The van der Waals surface area contributed by atoms with Gasteiger partial charge < -0.3 is 9.47 Å². The van der Waals surface area contributed by atoms with Gasteiger partial charge in [-0.25, -0.2) is 19.2 Å². The van der Waals surface area contributed by atoms with Crippen LogP contribution in [0, 0.1) is 0 Å². The minimum Gasteiger partial charge on any atom is -0.380 e. The number of esters is 4. The van der Waals surface area contributed by atoms with Crippen LogP contribution >= 0.6 is 0 Å². The van der Waals surface area contributed by atoms with Crippen LogP contribution in [0.4, 0.5) is 52.7 Å². The van der Waals surface area contributed by atoms with Crippen LogP contribution in [0.5, 0.6) is 0 Å². The summed E-state index contributed by atoms with van der Waals surface area (Å²) in [5.74, 6) is -12.8. The van der Waals surface area contributed by atoms with Crippen LogP contribution < -0.4 is 0 Å². The molecule has 0 aromatic rings. The average Bonchev–Trinajstić information content (AvgIpc) is 2.34. The summed E-state index contributed by atoms with van der Waals surface area (Å²) in [6.45, 7) is 0. The Morgan fingerprint density at radius 2 is 0.519 bits per heavy atom. The molecular formula is C8CuF12O6. The van der Waals surface area contributed by atoms with Gasteiger partial charge in [0.05, 0.1) is 0 Å². The zero-order valence-corrected chi connectivity index (χ0v) is 12.2. The van der Waals surface area contributed by atoms with E-state index in [1.54, 1.807) is 0 Å². The number of hydrogen-bond acceptors (Lipinski definition) is 6. The predicted octanol–water partition coefficient (Wildman–Crippen LogP) is 2.36. The molecule has 0 aliphatic heterocycles. The maximum atomic E-state index is 11.2. The van der Waals surface area contributed by atoms with Crippen molar-refractivity contribution < 1.29 is 98.4 Å². The van der Waals surface area contributed by atoms with Gasteiger partial charge in [-0.1, -0.05) is 0 Å². The zero-order chi connectivity index (χ0) is 21.7. The van der Waals surface area contributed by atoms with Gasteiger partial charge in [0.15, 0.2) is 0 Å². The number of hydrogen-bond donors (Lipinski definition) is 0. The second-order valence-corrected chi connectivity index (χ2v) is 3.34. The van der Waals surface area contributed by atoms with E-state index < -0.39 is 48.6 Å². The summed E-state index contributed by atoms with van der Waals surface area (Å²) in [6, 6.07) is 0. The van der Waals surface area contributed by atoms with Crippen LogP contribution in [0.3, 0.4) is 0 Å². The Bertz CT molecular complexity index is 458. The number of rotatable bonds is 0. The van der Waals surface area contributed by atoms with Crippen molar-refractivity contribution in [2.24, 2.45) is 0 Å². The van der Waals surface area contributed by atoms with Crippen molar-refractivity contribution in [2.45, 2.75) is 24.7 Å². The normalized spacial score (nSPS) is 12.0. The van der Waals surface area contributed by atoms with Gasteiger partial charge in [0.25, 0.3) is 0 Å². The minimum atomic E-state index is -5.62. The van der Waals surface area contributed by atoms with Crippen molar-refractivity contribution in [1.29, 1.82) is 0 Å². The molecule has 0 heterocycles. The van der Waals surface area contributed by atoms with Crippen LogP contribution in [0.1, 0.15) is 0 Å². The molecule has 0 aromatic heterocycles. The van der Waals surface area contributed by atoms with Crippen molar-refractivity contribution in [3.8, 4) is 0 Å². The molecule has 0 N–H and O–H groups in total. The molecule has 0 aliphatic rings. The van der Waals surface area contributed by atoms with Gasteiger partial charge >= 0.3 is 48.6 Å². The molecule has 0 spiro atoms. The molecule has 0 aliphatic carbocycles. The molecule has 0 rings (SSSR count). The molecule has 0 fully saturated rings. The van der Waals surface area contributed by atoms with E-state index in [0.29, 0.717) is 0 Å². The average molecular weight is 484 g/mol. The van der Waals surface area contributed by atoms with Gasteiger partial charge in [-0.15, -0.1) is 0 Å². The first-order valence-electron chi connectivity index (χ1n) is 4.90. The first-order chi connectivity index (χ1) is 11.1. The standard InChI is InChI=1S/2C4F6O3.Cu/c2*5-3(6,7)1(11)13-2(12)4(8,9)10;. The van der Waals surface area contributed by atoms with Gasteiger partial charge in [0.2, 0.25) is 0 Å². The smallest absolute Gasteiger partial charge is 0.380 e. The Morgan fingerprint density at radius 3 is 0.593 bits per heavy atom. The Labute approximate surface area is 148 Å². The van der Waals surface area contributed by atoms with Crippen LogP contribution in [-0.4, -0.2) is 48.6 Å². The van der Waals surface area contributed by atoms with Crippen LogP contribution in [-0.2, 0) is 45.7 Å². The van der Waals surface area contributed by atoms with Gasteiger partial charge in [0.1, 0.15) is 0 Å². The molecular weight excluding hydrogens is 484 g/mol. The topological polar surface area (TPSA) is 86.7 Å². The summed E-state index contributed by atoms with van der Waals surface area (Å²) < 4.78 is 139. The first-order valence-corrected chi connectivity index (χ1v) is 4.90. The maximum absolute atomic E-state index is 11.2. The largest absolute Gasteiger partial charge is 0.491 e. The van der Waals surface area contributed by atoms with Gasteiger partial charge in [-0.05, 0) is 0 Å². The molecule has 0 saturated heterocycles. The van der Waals surface area contributed by atoms with Crippen molar-refractivity contribution in [3.05, 3.63) is 0 Å². The van der Waals surface area contributed by atoms with Crippen molar-refractivity contribution in [3.63, 3.8) is 0 Å². The summed E-state index contributed by atoms with van der Waals surface area (Å²) >= 11 is 0. The number of halogens is 12. The predicted molar refractivity (Wildman–Crippen MR) is 46.4 cm³/mol. The van der Waals surface area contributed by atoms with E-state index in [2.05, 4.69) is 9.47 Å². The Balaban J connectivity index is -0.000000411. The van der Waals surface area contributed by atoms with E-state index in [1.807, 2.05) is 0 Å². The summed E-state index contributed by atoms with van der Waals surface area (Å²) in [5.41, 5.74) is 0. The zero-order valence-electron chi connectivity index (χ0n) is 11.3. The minimum absolute atomic E-state index is 0. The molecule has 0 unspecified atom stereocenters. The number of carbonyl (C=O) groups is 4. The molecule has 0 bridgehead atoms. The second kappa shape index (κ2) is 9.77. The van der Waals surface area contributed by atoms with E-state index in [-0.39, 0.29) is 17.1 Å². The van der Waals surface area contributed by atoms with Gasteiger partial charge in [-0.2, -0.15) is 52.7 Å². The summed E-state index contributed by atoms with van der Waals surface area (Å²) in [4.78, 5) is 38.6. The molecule has 0 atom stereocenters. The molecule has 27 heavy (non-hydrogen) atoms. The van der Waals surface area contributed by atoms with Crippen LogP contribution in [0.15, 0.2) is 0 Å². The molecule has 19 heteroatoms. The molecule has 163 valence electrons. The fourth-order valence-corrected chi connectivity index (χ4v) is 0.400. The Hall–Kier alpha value is -2.04. The molecule has 6 nitrogen and oxygen atoms in total. The van der Waals surface area contributed by atoms with E-state index in [0.717, 1.165) is 0 Å². The SMILES string of the molecule is O=C(OC(=O)C(F)(F)F)C(F)(F)F.O=C(OC(=O)C(F)(F)F)C(F)(F)F.[Cu]. The molecule has 0 saturated carbocycles.